The molecule has 0 bridgehead atoms. The van der Waals surface area contributed by atoms with Crippen LogP contribution in [0.1, 0.15) is 45.4 Å². The fourth-order valence-corrected chi connectivity index (χ4v) is 3.48. The van der Waals surface area contributed by atoms with Crippen molar-refractivity contribution in [3.8, 4) is 0 Å². The van der Waals surface area contributed by atoms with Crippen molar-refractivity contribution in [1.82, 2.24) is 9.97 Å². The van der Waals surface area contributed by atoms with Gasteiger partial charge in [-0.3, -0.25) is 4.79 Å². The van der Waals surface area contributed by atoms with Gasteiger partial charge in [-0.25, -0.2) is 9.97 Å². The molecule has 0 aliphatic carbocycles. The van der Waals surface area contributed by atoms with Crippen LogP contribution in [0, 0.1) is 6.92 Å². The van der Waals surface area contributed by atoms with Crippen LogP contribution in [0.5, 0.6) is 0 Å². The summed E-state index contributed by atoms with van der Waals surface area (Å²) in [6.45, 7) is 6.73. The Hall–Kier alpha value is -2.63. The van der Waals surface area contributed by atoms with Crippen LogP contribution >= 0.6 is 0 Å². The predicted molar refractivity (Wildman–Crippen MR) is 106 cm³/mol. The highest BCUT2D eigenvalue weighted by Gasteiger charge is 2.22. The molecule has 2 heterocycles. The first-order chi connectivity index (χ1) is 12.5. The Morgan fingerprint density at radius 3 is 2.62 bits per heavy atom. The largest absolute Gasteiger partial charge is 0.353 e. The second-order valence-electron chi connectivity index (χ2n) is 6.79. The van der Waals surface area contributed by atoms with Crippen LogP contribution in [-0.2, 0) is 4.79 Å². The fraction of sp³-hybridized carbons (Fsp3) is 0.450. The maximum atomic E-state index is 11.1. The molecule has 1 aliphatic heterocycles. The van der Waals surface area contributed by atoms with Crippen LogP contribution in [0.25, 0.3) is 0 Å². The Morgan fingerprint density at radius 1 is 1.19 bits per heavy atom. The van der Waals surface area contributed by atoms with E-state index in [9.17, 15) is 4.79 Å². The van der Waals surface area contributed by atoms with E-state index in [4.69, 9.17) is 0 Å². The third-order valence-corrected chi connectivity index (χ3v) is 4.69. The van der Waals surface area contributed by atoms with Gasteiger partial charge in [0.15, 0.2) is 0 Å². The first-order valence-corrected chi connectivity index (χ1v) is 9.32. The fourth-order valence-electron chi connectivity index (χ4n) is 3.48. The minimum absolute atomic E-state index is 0.0752. The van der Waals surface area contributed by atoms with Crippen LogP contribution in [-0.4, -0.2) is 28.5 Å². The molecule has 1 aromatic carbocycles. The van der Waals surface area contributed by atoms with Gasteiger partial charge >= 0.3 is 0 Å². The lowest BCUT2D eigenvalue weighted by molar-refractivity contribution is -0.114. The molecule has 1 unspecified atom stereocenters. The van der Waals surface area contributed by atoms with E-state index in [1.54, 1.807) is 0 Å². The zero-order chi connectivity index (χ0) is 18.5. The molecule has 0 spiro atoms. The molecule has 26 heavy (non-hydrogen) atoms. The number of piperidine rings is 1. The number of hydrogen-bond acceptors (Lipinski definition) is 5. The van der Waals surface area contributed by atoms with Gasteiger partial charge in [-0.05, 0) is 56.9 Å². The number of aryl methyl sites for hydroxylation is 1. The summed E-state index contributed by atoms with van der Waals surface area (Å²) in [6, 6.07) is 10.2. The standard InChI is InChI=1S/C20H27N5O/c1-4-18-7-5-6-12-25(18)20-13-19(21-14(2)22-20)24-17-10-8-16(9-11-17)23-15(3)26/h8-11,13,18H,4-7,12H2,1-3H3,(H,23,26)(H,21,22,24). The Labute approximate surface area is 155 Å². The minimum atomic E-state index is -0.0752. The predicted octanol–water partition coefficient (Wildman–Crippen LogP) is 4.26. The molecule has 1 amide bonds. The SMILES string of the molecule is CCC1CCCCN1c1cc(Nc2ccc(NC(C)=O)cc2)nc(C)n1. The van der Waals surface area contributed by atoms with Crippen molar-refractivity contribution in [3.05, 3.63) is 36.2 Å². The number of amides is 1. The highest BCUT2D eigenvalue weighted by molar-refractivity contribution is 5.88. The average Bonchev–Trinajstić information content (AvgIpc) is 2.62. The number of carbonyl (C=O) groups is 1. The van der Waals surface area contributed by atoms with E-state index in [1.165, 1.54) is 26.2 Å². The molecular weight excluding hydrogens is 326 g/mol. The molecular formula is C20H27N5O. The van der Waals surface area contributed by atoms with Gasteiger partial charge < -0.3 is 15.5 Å². The quantitative estimate of drug-likeness (QED) is 0.841. The number of hydrogen-bond donors (Lipinski definition) is 2. The highest BCUT2D eigenvalue weighted by Crippen LogP contribution is 2.27. The summed E-state index contributed by atoms with van der Waals surface area (Å²) in [5.74, 6) is 2.48. The third kappa shape index (κ3) is 4.50. The van der Waals surface area contributed by atoms with E-state index >= 15 is 0 Å². The summed E-state index contributed by atoms with van der Waals surface area (Å²) >= 11 is 0. The molecule has 1 fully saturated rings. The molecule has 0 radical (unpaired) electrons. The van der Waals surface area contributed by atoms with Crippen LogP contribution < -0.4 is 15.5 Å². The van der Waals surface area contributed by atoms with E-state index < -0.39 is 0 Å². The van der Waals surface area contributed by atoms with Gasteiger partial charge in [0.05, 0.1) is 0 Å². The number of anilines is 4. The number of rotatable bonds is 5. The molecule has 1 aromatic heterocycles. The smallest absolute Gasteiger partial charge is 0.221 e. The molecule has 138 valence electrons. The summed E-state index contributed by atoms with van der Waals surface area (Å²) in [6.07, 6.45) is 4.88. The molecule has 1 aliphatic rings. The lowest BCUT2D eigenvalue weighted by Crippen LogP contribution is -2.39. The zero-order valence-corrected chi connectivity index (χ0v) is 15.7. The van der Waals surface area contributed by atoms with Gasteiger partial charge in [-0.1, -0.05) is 6.92 Å². The van der Waals surface area contributed by atoms with Crippen molar-refractivity contribution in [2.75, 3.05) is 22.1 Å². The maximum Gasteiger partial charge on any atom is 0.221 e. The van der Waals surface area contributed by atoms with E-state index in [0.29, 0.717) is 6.04 Å². The van der Waals surface area contributed by atoms with Crippen LogP contribution in [0.15, 0.2) is 30.3 Å². The van der Waals surface area contributed by atoms with Gasteiger partial charge in [-0.15, -0.1) is 0 Å². The second-order valence-corrected chi connectivity index (χ2v) is 6.79. The van der Waals surface area contributed by atoms with Gasteiger partial charge in [0.2, 0.25) is 5.91 Å². The Balaban J connectivity index is 1.78. The monoisotopic (exact) mass is 353 g/mol. The summed E-state index contributed by atoms with van der Waals surface area (Å²) < 4.78 is 0. The van der Waals surface area contributed by atoms with Crippen molar-refractivity contribution in [3.63, 3.8) is 0 Å². The number of carbonyl (C=O) groups excluding carboxylic acids is 1. The van der Waals surface area contributed by atoms with Crippen LogP contribution in [0.3, 0.4) is 0 Å². The summed E-state index contributed by atoms with van der Waals surface area (Å²) in [5, 5.41) is 6.12. The van der Waals surface area contributed by atoms with E-state index in [2.05, 4.69) is 32.4 Å². The van der Waals surface area contributed by atoms with Crippen LogP contribution in [0.2, 0.25) is 0 Å². The lowest BCUT2D eigenvalue weighted by Gasteiger charge is -2.36. The Morgan fingerprint density at radius 2 is 1.92 bits per heavy atom. The third-order valence-electron chi connectivity index (χ3n) is 4.69. The molecule has 1 atom stereocenters. The second kappa shape index (κ2) is 8.17. The Bertz CT molecular complexity index is 759. The van der Waals surface area contributed by atoms with Gasteiger partial charge in [0.25, 0.3) is 0 Å². The normalized spacial score (nSPS) is 17.0. The molecule has 0 saturated carbocycles. The minimum Gasteiger partial charge on any atom is -0.353 e. The van der Waals surface area contributed by atoms with Gasteiger partial charge in [-0.2, -0.15) is 0 Å². The lowest BCUT2D eigenvalue weighted by atomic mass is 10.00. The number of aromatic nitrogens is 2. The van der Waals surface area contributed by atoms with Gasteiger partial charge in [0.1, 0.15) is 17.5 Å². The summed E-state index contributed by atoms with van der Waals surface area (Å²) in [7, 11) is 0. The number of nitrogens with zero attached hydrogens (tertiary/aromatic N) is 3. The van der Waals surface area contributed by atoms with Crippen molar-refractivity contribution < 1.29 is 4.79 Å². The molecule has 6 heteroatoms. The van der Waals surface area contributed by atoms with E-state index in [-0.39, 0.29) is 5.91 Å². The molecule has 2 aromatic rings. The first-order valence-electron chi connectivity index (χ1n) is 9.32. The molecule has 3 rings (SSSR count). The van der Waals surface area contributed by atoms with E-state index in [1.807, 2.05) is 37.3 Å². The molecule has 6 nitrogen and oxygen atoms in total. The molecule has 1 saturated heterocycles. The number of nitrogens with one attached hydrogen (secondary N) is 2. The summed E-state index contributed by atoms with van der Waals surface area (Å²) in [5.41, 5.74) is 1.70. The first kappa shape index (κ1) is 18.2. The van der Waals surface area contributed by atoms with Gasteiger partial charge in [0, 0.05) is 37.0 Å². The van der Waals surface area contributed by atoms with Crippen molar-refractivity contribution in [2.45, 2.75) is 52.5 Å². The van der Waals surface area contributed by atoms with Crippen molar-refractivity contribution in [1.29, 1.82) is 0 Å². The zero-order valence-electron chi connectivity index (χ0n) is 15.7. The van der Waals surface area contributed by atoms with Crippen molar-refractivity contribution >= 4 is 28.9 Å². The highest BCUT2D eigenvalue weighted by atomic mass is 16.1. The van der Waals surface area contributed by atoms with Crippen molar-refractivity contribution in [2.24, 2.45) is 0 Å². The molecule has 2 N–H and O–H groups in total. The van der Waals surface area contributed by atoms with Crippen LogP contribution in [0.4, 0.5) is 23.0 Å². The topological polar surface area (TPSA) is 70.2 Å². The van der Waals surface area contributed by atoms with E-state index in [0.717, 1.165) is 41.8 Å². The number of benzene rings is 1. The average molecular weight is 353 g/mol. The summed E-state index contributed by atoms with van der Waals surface area (Å²) in [4.78, 5) is 22.7. The Kier molecular flexibility index (Phi) is 5.71. The maximum absolute atomic E-state index is 11.1.